The molecule has 0 bridgehead atoms. The average Bonchev–Trinajstić information content (AvgIpc) is 3.14. The van der Waals surface area contributed by atoms with Crippen LogP contribution < -0.4 is 4.74 Å². The fourth-order valence-electron chi connectivity index (χ4n) is 2.21. The first-order valence-corrected chi connectivity index (χ1v) is 8.00. The van der Waals surface area contributed by atoms with Crippen LogP contribution in [0.25, 0.3) is 17.2 Å². The molecule has 0 unspecified atom stereocenters. The molecule has 0 amide bonds. The highest BCUT2D eigenvalue weighted by Gasteiger charge is 2.06. The van der Waals surface area contributed by atoms with Crippen LogP contribution in [-0.2, 0) is 16.1 Å². The number of hydrogen-bond acceptors (Lipinski definition) is 6. The molecule has 25 heavy (non-hydrogen) atoms. The van der Waals surface area contributed by atoms with Gasteiger partial charge in [0.25, 0.3) is 0 Å². The SMILES string of the molecule is C=Cc1ccc(COCCOCCOc2ncnc3nc[nH]c23)cc1. The second-order valence-corrected chi connectivity index (χ2v) is 5.24. The zero-order valence-corrected chi connectivity index (χ0v) is 13.9. The number of benzene rings is 1. The Kier molecular flexibility index (Phi) is 6.08. The van der Waals surface area contributed by atoms with Crippen molar-refractivity contribution in [2.75, 3.05) is 26.4 Å². The van der Waals surface area contributed by atoms with Crippen LogP contribution in [0.2, 0.25) is 0 Å². The topological polar surface area (TPSA) is 82.2 Å². The molecule has 0 saturated heterocycles. The van der Waals surface area contributed by atoms with Crippen LogP contribution in [0.4, 0.5) is 0 Å². The van der Waals surface area contributed by atoms with Gasteiger partial charge in [-0.2, -0.15) is 4.98 Å². The predicted octanol–water partition coefficient (Wildman–Crippen LogP) is 2.61. The summed E-state index contributed by atoms with van der Waals surface area (Å²) in [5.41, 5.74) is 3.50. The van der Waals surface area contributed by atoms with Gasteiger partial charge in [-0.05, 0) is 11.1 Å². The molecule has 2 aromatic heterocycles. The lowest BCUT2D eigenvalue weighted by Crippen LogP contribution is -2.11. The molecule has 0 fully saturated rings. The lowest BCUT2D eigenvalue weighted by Gasteiger charge is -2.07. The number of nitrogens with one attached hydrogen (secondary N) is 1. The van der Waals surface area contributed by atoms with Gasteiger partial charge in [-0.3, -0.25) is 0 Å². The quantitative estimate of drug-likeness (QED) is 0.571. The first-order valence-electron chi connectivity index (χ1n) is 8.00. The molecule has 0 atom stereocenters. The molecule has 0 aliphatic heterocycles. The molecule has 3 rings (SSSR count). The second-order valence-electron chi connectivity index (χ2n) is 5.24. The zero-order chi connectivity index (χ0) is 17.3. The third kappa shape index (κ3) is 4.85. The summed E-state index contributed by atoms with van der Waals surface area (Å²) in [6, 6.07) is 8.10. The van der Waals surface area contributed by atoms with Crippen LogP contribution in [0, 0.1) is 0 Å². The second kappa shape index (κ2) is 8.91. The van der Waals surface area contributed by atoms with Gasteiger partial charge in [0.05, 0.1) is 32.8 Å². The van der Waals surface area contributed by atoms with Crippen LogP contribution >= 0.6 is 0 Å². The van der Waals surface area contributed by atoms with Crippen molar-refractivity contribution < 1.29 is 14.2 Å². The van der Waals surface area contributed by atoms with E-state index in [0.717, 1.165) is 11.1 Å². The summed E-state index contributed by atoms with van der Waals surface area (Å²) >= 11 is 0. The fraction of sp³-hybridized carbons (Fsp3) is 0.278. The third-order valence-electron chi connectivity index (χ3n) is 3.51. The Morgan fingerprint density at radius 3 is 2.60 bits per heavy atom. The van der Waals surface area contributed by atoms with E-state index in [2.05, 4.69) is 26.5 Å². The van der Waals surface area contributed by atoms with E-state index < -0.39 is 0 Å². The summed E-state index contributed by atoms with van der Waals surface area (Å²) in [7, 11) is 0. The van der Waals surface area contributed by atoms with Crippen molar-refractivity contribution in [3.8, 4) is 5.88 Å². The largest absolute Gasteiger partial charge is 0.474 e. The lowest BCUT2D eigenvalue weighted by molar-refractivity contribution is 0.0300. The molecule has 3 aromatic rings. The minimum Gasteiger partial charge on any atom is -0.474 e. The molecule has 7 nitrogen and oxygen atoms in total. The molecule has 0 spiro atoms. The van der Waals surface area contributed by atoms with Gasteiger partial charge in [-0.15, -0.1) is 0 Å². The van der Waals surface area contributed by atoms with Crippen LogP contribution in [0.1, 0.15) is 11.1 Å². The number of aromatic nitrogens is 4. The molecule has 7 heteroatoms. The van der Waals surface area contributed by atoms with E-state index in [-0.39, 0.29) is 0 Å². The predicted molar refractivity (Wildman–Crippen MR) is 94.2 cm³/mol. The molecule has 0 radical (unpaired) electrons. The average molecular weight is 340 g/mol. The van der Waals surface area contributed by atoms with Crippen LogP contribution in [-0.4, -0.2) is 46.4 Å². The number of aromatic amines is 1. The Balaban J connectivity index is 1.27. The number of imidazole rings is 1. The van der Waals surface area contributed by atoms with Crippen LogP contribution in [0.15, 0.2) is 43.5 Å². The van der Waals surface area contributed by atoms with Crippen molar-refractivity contribution in [1.82, 2.24) is 19.9 Å². The molecular weight excluding hydrogens is 320 g/mol. The van der Waals surface area contributed by atoms with Gasteiger partial charge < -0.3 is 19.2 Å². The lowest BCUT2D eigenvalue weighted by atomic mass is 10.1. The highest BCUT2D eigenvalue weighted by Crippen LogP contribution is 2.16. The van der Waals surface area contributed by atoms with Crippen molar-refractivity contribution in [3.63, 3.8) is 0 Å². The van der Waals surface area contributed by atoms with E-state index in [1.165, 1.54) is 6.33 Å². The Bertz CT molecular complexity index is 801. The van der Waals surface area contributed by atoms with E-state index in [0.29, 0.717) is 50.1 Å². The van der Waals surface area contributed by atoms with Gasteiger partial charge in [-0.25, -0.2) is 9.97 Å². The number of ether oxygens (including phenoxy) is 3. The van der Waals surface area contributed by atoms with Gasteiger partial charge in [0, 0.05) is 0 Å². The number of H-pyrrole nitrogens is 1. The van der Waals surface area contributed by atoms with Gasteiger partial charge in [0.15, 0.2) is 5.65 Å². The molecule has 0 aliphatic carbocycles. The third-order valence-corrected chi connectivity index (χ3v) is 3.51. The summed E-state index contributed by atoms with van der Waals surface area (Å²) in [5.74, 6) is 0.477. The number of hydrogen-bond donors (Lipinski definition) is 1. The highest BCUT2D eigenvalue weighted by atomic mass is 16.5. The minimum absolute atomic E-state index is 0.397. The Hall–Kier alpha value is -2.77. The maximum Gasteiger partial charge on any atom is 0.243 e. The van der Waals surface area contributed by atoms with Gasteiger partial charge in [0.1, 0.15) is 18.5 Å². The summed E-state index contributed by atoms with van der Waals surface area (Å²) in [4.78, 5) is 15.1. The molecule has 0 saturated carbocycles. The molecule has 1 N–H and O–H groups in total. The molecule has 1 aromatic carbocycles. The fourth-order valence-corrected chi connectivity index (χ4v) is 2.21. The molecule has 130 valence electrons. The zero-order valence-electron chi connectivity index (χ0n) is 13.9. The summed E-state index contributed by atoms with van der Waals surface area (Å²) in [6.45, 7) is 6.19. The normalized spacial score (nSPS) is 10.9. The van der Waals surface area contributed by atoms with E-state index in [1.54, 1.807) is 6.33 Å². The maximum absolute atomic E-state index is 5.58. The summed E-state index contributed by atoms with van der Waals surface area (Å²) in [5, 5.41) is 0. The monoisotopic (exact) mass is 340 g/mol. The number of nitrogens with zero attached hydrogens (tertiary/aromatic N) is 3. The molecule has 2 heterocycles. The van der Waals surface area contributed by atoms with Gasteiger partial charge in [0.2, 0.25) is 5.88 Å². The van der Waals surface area contributed by atoms with Crippen molar-refractivity contribution in [3.05, 3.63) is 54.6 Å². The number of rotatable bonds is 10. The standard InChI is InChI=1S/C18H20N4O3/c1-2-14-3-5-15(6-4-14)11-24-8-7-23-9-10-25-18-16-17(20-12-19-16)21-13-22-18/h2-6,12-13H,1,7-11H2,(H,19,20,21,22). The van der Waals surface area contributed by atoms with Crippen molar-refractivity contribution in [2.24, 2.45) is 0 Å². The maximum atomic E-state index is 5.58. The van der Waals surface area contributed by atoms with Crippen molar-refractivity contribution >= 4 is 17.2 Å². The molecule has 0 aliphatic rings. The van der Waals surface area contributed by atoms with E-state index >= 15 is 0 Å². The molecular formula is C18H20N4O3. The minimum atomic E-state index is 0.397. The Morgan fingerprint density at radius 2 is 1.76 bits per heavy atom. The first-order chi connectivity index (χ1) is 12.4. The van der Waals surface area contributed by atoms with Crippen LogP contribution in [0.5, 0.6) is 5.88 Å². The summed E-state index contributed by atoms with van der Waals surface area (Å²) < 4.78 is 16.6. The van der Waals surface area contributed by atoms with E-state index in [1.807, 2.05) is 30.3 Å². The number of fused-ring (bicyclic) bond motifs is 1. The highest BCUT2D eigenvalue weighted by molar-refractivity contribution is 5.74. The van der Waals surface area contributed by atoms with Crippen molar-refractivity contribution in [2.45, 2.75) is 6.61 Å². The summed E-state index contributed by atoms with van der Waals surface area (Å²) in [6.07, 6.45) is 4.80. The van der Waals surface area contributed by atoms with Crippen LogP contribution in [0.3, 0.4) is 0 Å². The van der Waals surface area contributed by atoms with Gasteiger partial charge >= 0.3 is 0 Å². The smallest absolute Gasteiger partial charge is 0.243 e. The Morgan fingerprint density at radius 1 is 0.960 bits per heavy atom. The first kappa shape index (κ1) is 17.1. The Labute approximate surface area is 145 Å². The van der Waals surface area contributed by atoms with E-state index in [9.17, 15) is 0 Å². The van der Waals surface area contributed by atoms with Gasteiger partial charge in [-0.1, -0.05) is 36.9 Å². The van der Waals surface area contributed by atoms with E-state index in [4.69, 9.17) is 14.2 Å². The van der Waals surface area contributed by atoms with Crippen molar-refractivity contribution in [1.29, 1.82) is 0 Å².